The molecule has 2 aliphatic heterocycles. The number of hydrogen-bond donors (Lipinski definition) is 4. The van der Waals surface area contributed by atoms with Gasteiger partial charge in [0.15, 0.2) is 0 Å². The Kier molecular flexibility index (Phi) is 11.6. The van der Waals surface area contributed by atoms with Crippen molar-refractivity contribution in [3.05, 3.63) is 95.1 Å². The zero-order chi connectivity index (χ0) is 29.6. The van der Waals surface area contributed by atoms with E-state index in [0.717, 1.165) is 74.9 Å². The molecule has 3 aromatic carbocycles. The molecule has 2 amide bonds. The highest BCUT2D eigenvalue weighted by atomic mass is 16.2. The first-order valence-electron chi connectivity index (χ1n) is 14.5. The molecule has 4 N–H and O–H groups in total. The molecule has 0 saturated carbocycles. The van der Waals surface area contributed by atoms with E-state index in [2.05, 4.69) is 41.5 Å². The summed E-state index contributed by atoms with van der Waals surface area (Å²) in [5.41, 5.74) is 10.0. The van der Waals surface area contributed by atoms with Crippen molar-refractivity contribution >= 4 is 35.6 Å². The molecule has 10 heteroatoms. The fourth-order valence-electron chi connectivity index (χ4n) is 4.67. The number of hydrazone groups is 2. The SMILES string of the molecule is CC.O=C(N/N=C/c1cccc(/C=N/NC(=O)c2ccc(N3CCNCC3)cc2)c1)c1ccc(N2CCNCC2)cc1. The van der Waals surface area contributed by atoms with Crippen LogP contribution in [-0.2, 0) is 0 Å². The fraction of sp³-hybridized carbons (Fsp3) is 0.312. The highest BCUT2D eigenvalue weighted by molar-refractivity contribution is 5.96. The molecular formula is C32H40N8O2. The zero-order valence-electron chi connectivity index (χ0n) is 24.3. The zero-order valence-corrected chi connectivity index (χ0v) is 24.3. The Labute approximate surface area is 247 Å². The van der Waals surface area contributed by atoms with Crippen LogP contribution in [0.4, 0.5) is 11.4 Å². The van der Waals surface area contributed by atoms with Gasteiger partial charge >= 0.3 is 0 Å². The van der Waals surface area contributed by atoms with Gasteiger partial charge in [0.2, 0.25) is 0 Å². The molecule has 0 aliphatic carbocycles. The Morgan fingerprint density at radius 1 is 0.643 bits per heavy atom. The fourth-order valence-corrected chi connectivity index (χ4v) is 4.67. The second-order valence-corrected chi connectivity index (χ2v) is 9.64. The van der Waals surface area contributed by atoms with Gasteiger partial charge in [-0.1, -0.05) is 32.0 Å². The van der Waals surface area contributed by atoms with Crippen LogP contribution >= 0.6 is 0 Å². The Morgan fingerprint density at radius 2 is 1.02 bits per heavy atom. The standard InChI is InChI=1S/C30H34N8O2.C2H6/c39-29(25-4-8-27(9-5-25)37-16-12-31-13-17-37)35-33-21-23-2-1-3-24(20-23)22-34-36-30(40)26-6-10-28(11-7-26)38-18-14-32-15-19-38;1-2/h1-11,20-22,31-32H,12-19H2,(H,35,39)(H,36,40);1-2H3/b33-21+,34-22+;. The third kappa shape index (κ3) is 8.73. The number of carbonyl (C=O) groups is 2. The summed E-state index contributed by atoms with van der Waals surface area (Å²) in [7, 11) is 0. The molecule has 0 bridgehead atoms. The molecule has 2 aliphatic rings. The number of nitrogens with one attached hydrogen (secondary N) is 4. The van der Waals surface area contributed by atoms with Gasteiger partial charge in [-0.3, -0.25) is 9.59 Å². The van der Waals surface area contributed by atoms with Crippen LogP contribution in [0, 0.1) is 0 Å². The van der Waals surface area contributed by atoms with Crippen molar-refractivity contribution in [1.29, 1.82) is 0 Å². The maximum atomic E-state index is 12.5. The Bertz CT molecular complexity index is 1240. The molecule has 0 unspecified atom stereocenters. The number of amides is 2. The van der Waals surface area contributed by atoms with Crippen molar-refractivity contribution in [2.75, 3.05) is 62.2 Å². The van der Waals surface area contributed by atoms with Crippen LogP contribution in [0.15, 0.2) is 83.0 Å². The van der Waals surface area contributed by atoms with Gasteiger partial charge in [-0.2, -0.15) is 10.2 Å². The summed E-state index contributed by atoms with van der Waals surface area (Å²) in [6.07, 6.45) is 3.14. The predicted octanol–water partition coefficient (Wildman–Crippen LogP) is 3.06. The van der Waals surface area contributed by atoms with E-state index in [0.29, 0.717) is 11.1 Å². The largest absolute Gasteiger partial charge is 0.369 e. The quantitative estimate of drug-likeness (QED) is 0.246. The van der Waals surface area contributed by atoms with Gasteiger partial charge in [0.1, 0.15) is 0 Å². The Morgan fingerprint density at radius 3 is 1.40 bits per heavy atom. The number of rotatable bonds is 8. The minimum Gasteiger partial charge on any atom is -0.369 e. The molecule has 42 heavy (non-hydrogen) atoms. The van der Waals surface area contributed by atoms with Gasteiger partial charge in [0, 0.05) is 74.9 Å². The summed E-state index contributed by atoms with van der Waals surface area (Å²) >= 11 is 0. The molecule has 0 atom stereocenters. The topological polar surface area (TPSA) is 113 Å². The van der Waals surface area contributed by atoms with E-state index in [1.54, 1.807) is 12.4 Å². The summed E-state index contributed by atoms with van der Waals surface area (Å²) in [5.74, 6) is -0.547. The molecule has 10 nitrogen and oxygen atoms in total. The van der Waals surface area contributed by atoms with Crippen molar-refractivity contribution in [2.45, 2.75) is 13.8 Å². The van der Waals surface area contributed by atoms with E-state index in [1.807, 2.05) is 86.6 Å². The first-order valence-corrected chi connectivity index (χ1v) is 14.5. The highest BCUT2D eigenvalue weighted by Crippen LogP contribution is 2.17. The van der Waals surface area contributed by atoms with Crippen LogP contribution in [0.5, 0.6) is 0 Å². The first kappa shape index (κ1) is 30.4. The van der Waals surface area contributed by atoms with Crippen LogP contribution in [0.2, 0.25) is 0 Å². The van der Waals surface area contributed by atoms with Gasteiger partial charge < -0.3 is 20.4 Å². The van der Waals surface area contributed by atoms with Crippen molar-refractivity contribution in [2.24, 2.45) is 10.2 Å². The molecule has 0 radical (unpaired) electrons. The van der Waals surface area contributed by atoms with Crippen LogP contribution in [0.1, 0.15) is 45.7 Å². The monoisotopic (exact) mass is 568 g/mol. The van der Waals surface area contributed by atoms with Gasteiger partial charge in [0.25, 0.3) is 11.8 Å². The summed E-state index contributed by atoms with van der Waals surface area (Å²) in [6.45, 7) is 11.7. The van der Waals surface area contributed by atoms with Crippen molar-refractivity contribution in [1.82, 2.24) is 21.5 Å². The van der Waals surface area contributed by atoms with Gasteiger partial charge in [-0.15, -0.1) is 0 Å². The molecule has 2 saturated heterocycles. The van der Waals surface area contributed by atoms with E-state index < -0.39 is 0 Å². The summed E-state index contributed by atoms with van der Waals surface area (Å²) in [6, 6.07) is 22.6. The third-order valence-electron chi connectivity index (χ3n) is 6.89. The number of benzene rings is 3. The maximum absolute atomic E-state index is 12.5. The second kappa shape index (κ2) is 16.0. The number of nitrogens with zero attached hydrogens (tertiary/aromatic N) is 4. The molecular weight excluding hydrogens is 528 g/mol. The van der Waals surface area contributed by atoms with Crippen LogP contribution in [0.3, 0.4) is 0 Å². The van der Waals surface area contributed by atoms with Crippen molar-refractivity contribution in [3.63, 3.8) is 0 Å². The molecule has 0 aromatic heterocycles. The van der Waals surface area contributed by atoms with Crippen molar-refractivity contribution < 1.29 is 9.59 Å². The second-order valence-electron chi connectivity index (χ2n) is 9.64. The van der Waals surface area contributed by atoms with Crippen LogP contribution in [0.25, 0.3) is 0 Å². The molecule has 220 valence electrons. The maximum Gasteiger partial charge on any atom is 0.271 e. The molecule has 2 heterocycles. The Balaban J connectivity index is 0.00000198. The number of hydrogen-bond acceptors (Lipinski definition) is 8. The van der Waals surface area contributed by atoms with Crippen LogP contribution < -0.4 is 31.3 Å². The first-order chi connectivity index (χ1) is 20.7. The number of carbonyl (C=O) groups excluding carboxylic acids is 2. The molecule has 2 fully saturated rings. The predicted molar refractivity (Wildman–Crippen MR) is 171 cm³/mol. The molecule has 3 aromatic rings. The minimum atomic E-state index is -0.274. The summed E-state index contributed by atoms with van der Waals surface area (Å²) < 4.78 is 0. The van der Waals surface area contributed by atoms with E-state index in [-0.39, 0.29) is 11.8 Å². The Hall–Kier alpha value is -4.54. The highest BCUT2D eigenvalue weighted by Gasteiger charge is 2.12. The molecule has 5 rings (SSSR count). The number of piperazine rings is 2. The average molecular weight is 569 g/mol. The van der Waals surface area contributed by atoms with Crippen molar-refractivity contribution in [3.8, 4) is 0 Å². The lowest BCUT2D eigenvalue weighted by Gasteiger charge is -2.29. The van der Waals surface area contributed by atoms with Gasteiger partial charge in [-0.05, 0) is 65.7 Å². The number of anilines is 2. The lowest BCUT2D eigenvalue weighted by Crippen LogP contribution is -2.43. The average Bonchev–Trinajstić information content (AvgIpc) is 3.07. The lowest BCUT2D eigenvalue weighted by molar-refractivity contribution is 0.0947. The van der Waals surface area contributed by atoms with E-state index in [9.17, 15) is 9.59 Å². The van der Waals surface area contributed by atoms with Crippen LogP contribution in [-0.4, -0.2) is 76.6 Å². The summed E-state index contributed by atoms with van der Waals surface area (Å²) in [4.78, 5) is 29.6. The summed E-state index contributed by atoms with van der Waals surface area (Å²) in [5, 5.41) is 14.9. The van der Waals surface area contributed by atoms with E-state index in [1.165, 1.54) is 0 Å². The van der Waals surface area contributed by atoms with Gasteiger partial charge in [-0.25, -0.2) is 10.9 Å². The van der Waals surface area contributed by atoms with Gasteiger partial charge in [0.05, 0.1) is 12.4 Å². The molecule has 0 spiro atoms. The smallest absolute Gasteiger partial charge is 0.271 e. The lowest BCUT2D eigenvalue weighted by atomic mass is 10.1. The van der Waals surface area contributed by atoms with E-state index >= 15 is 0 Å². The normalized spacial score (nSPS) is 15.3. The van der Waals surface area contributed by atoms with E-state index in [4.69, 9.17) is 0 Å². The minimum absolute atomic E-state index is 0.274. The third-order valence-corrected chi connectivity index (χ3v) is 6.89.